The van der Waals surface area contributed by atoms with Gasteiger partial charge in [0.05, 0.1) is 22.2 Å². The van der Waals surface area contributed by atoms with Crippen LogP contribution in [0.4, 0.5) is 11.6 Å². The molecule has 9 heteroatoms. The number of hydrogen-bond acceptors (Lipinski definition) is 8. The van der Waals surface area contributed by atoms with Gasteiger partial charge in [-0.2, -0.15) is 0 Å². The zero-order chi connectivity index (χ0) is 26.3. The lowest BCUT2D eigenvalue weighted by Gasteiger charge is -2.33. The van der Waals surface area contributed by atoms with Gasteiger partial charge in [0.25, 0.3) is 0 Å². The van der Waals surface area contributed by atoms with Crippen LogP contribution in [0, 0.1) is 6.92 Å². The monoisotopic (exact) mass is 528 g/mol. The number of carboxylic acids is 1. The van der Waals surface area contributed by atoms with Crippen molar-refractivity contribution in [2.75, 3.05) is 5.32 Å². The molecule has 0 aliphatic heterocycles. The number of aromatic carboxylic acids is 1. The highest BCUT2D eigenvalue weighted by Crippen LogP contribution is 2.43. The summed E-state index contributed by atoms with van der Waals surface area (Å²) in [7, 11) is 0. The number of thiazole rings is 1. The van der Waals surface area contributed by atoms with Gasteiger partial charge in [0.1, 0.15) is 28.0 Å². The number of rotatable bonds is 7. The van der Waals surface area contributed by atoms with Gasteiger partial charge >= 0.3 is 5.97 Å². The van der Waals surface area contributed by atoms with Gasteiger partial charge in [0, 0.05) is 18.5 Å². The molecule has 1 fully saturated rings. The van der Waals surface area contributed by atoms with Crippen LogP contribution in [0.5, 0.6) is 5.75 Å². The molecule has 0 amide bonds. The van der Waals surface area contributed by atoms with E-state index in [1.165, 1.54) is 17.8 Å². The van der Waals surface area contributed by atoms with Crippen LogP contribution in [-0.2, 0) is 12.0 Å². The van der Waals surface area contributed by atoms with Gasteiger partial charge in [-0.1, -0.05) is 6.07 Å². The van der Waals surface area contributed by atoms with Gasteiger partial charge in [-0.25, -0.2) is 19.7 Å². The molecule has 0 spiro atoms. The first-order chi connectivity index (χ1) is 18.4. The van der Waals surface area contributed by atoms with Crippen molar-refractivity contribution in [3.8, 4) is 16.3 Å². The highest BCUT2D eigenvalue weighted by molar-refractivity contribution is 7.15. The maximum atomic E-state index is 11.7. The Morgan fingerprint density at radius 2 is 1.97 bits per heavy atom. The summed E-state index contributed by atoms with van der Waals surface area (Å²) in [6, 6.07) is 12.6. The minimum Gasteiger partial charge on any atom is -0.490 e. The van der Waals surface area contributed by atoms with E-state index < -0.39 is 11.6 Å². The summed E-state index contributed by atoms with van der Waals surface area (Å²) < 4.78 is 6.00. The van der Waals surface area contributed by atoms with Crippen molar-refractivity contribution >= 4 is 28.9 Å². The number of fused-ring (bicyclic) bond motifs is 1. The predicted octanol–water partition coefficient (Wildman–Crippen LogP) is 5.85. The number of benzene rings is 1. The molecule has 194 valence electrons. The molecule has 0 radical (unpaired) electrons. The van der Waals surface area contributed by atoms with Gasteiger partial charge < -0.3 is 20.3 Å². The van der Waals surface area contributed by atoms with Crippen LogP contribution in [0.25, 0.3) is 10.6 Å². The quantitative estimate of drug-likeness (QED) is 0.273. The zero-order valence-electron chi connectivity index (χ0n) is 21.0. The Morgan fingerprint density at radius 1 is 1.11 bits per heavy atom. The van der Waals surface area contributed by atoms with Gasteiger partial charge in [-0.05, 0) is 92.5 Å². The van der Waals surface area contributed by atoms with Crippen LogP contribution in [-0.4, -0.2) is 37.2 Å². The van der Waals surface area contributed by atoms with Crippen molar-refractivity contribution in [2.24, 2.45) is 0 Å². The molecular formula is C29H28N4O4S. The molecule has 3 heterocycles. The van der Waals surface area contributed by atoms with E-state index in [0.29, 0.717) is 29.2 Å². The molecular weight excluding hydrogens is 500 g/mol. The van der Waals surface area contributed by atoms with Gasteiger partial charge in [-0.3, -0.25) is 0 Å². The Morgan fingerprint density at radius 3 is 2.76 bits per heavy atom. The summed E-state index contributed by atoms with van der Waals surface area (Å²) >= 11 is 1.40. The number of aryl methyl sites for hydroxylation is 2. The third-order valence-corrected chi connectivity index (χ3v) is 8.38. The zero-order valence-corrected chi connectivity index (χ0v) is 21.8. The average molecular weight is 529 g/mol. The number of nitrogens with zero attached hydrogens (tertiary/aromatic N) is 3. The lowest BCUT2D eigenvalue weighted by molar-refractivity contribution is 0.0607. The van der Waals surface area contributed by atoms with Crippen LogP contribution in [0.1, 0.15) is 64.2 Å². The Hall–Kier alpha value is -3.82. The van der Waals surface area contributed by atoms with Crippen molar-refractivity contribution in [3.05, 3.63) is 82.1 Å². The maximum Gasteiger partial charge on any atom is 0.335 e. The van der Waals surface area contributed by atoms with Crippen molar-refractivity contribution in [1.29, 1.82) is 0 Å². The molecule has 1 aromatic carbocycles. The van der Waals surface area contributed by atoms with E-state index in [-0.39, 0.29) is 5.56 Å². The molecule has 0 saturated heterocycles. The van der Waals surface area contributed by atoms with E-state index in [0.717, 1.165) is 58.7 Å². The first-order valence-electron chi connectivity index (χ1n) is 12.8. The van der Waals surface area contributed by atoms with Crippen molar-refractivity contribution in [2.45, 2.75) is 57.2 Å². The summed E-state index contributed by atoms with van der Waals surface area (Å²) in [5.41, 5.74) is 2.32. The number of anilines is 2. The first kappa shape index (κ1) is 24.5. The number of aliphatic hydroxyl groups is 1. The second kappa shape index (κ2) is 9.81. The third kappa shape index (κ3) is 4.75. The fraction of sp³-hybridized carbons (Fsp3) is 0.310. The van der Waals surface area contributed by atoms with Crippen molar-refractivity contribution < 1.29 is 19.7 Å². The number of aromatic nitrogens is 3. The van der Waals surface area contributed by atoms with Crippen LogP contribution >= 0.6 is 11.3 Å². The van der Waals surface area contributed by atoms with Crippen LogP contribution in [0.3, 0.4) is 0 Å². The van der Waals surface area contributed by atoms with Gasteiger partial charge in [-0.15, -0.1) is 11.3 Å². The predicted molar refractivity (Wildman–Crippen MR) is 145 cm³/mol. The topological polar surface area (TPSA) is 117 Å². The standard InChI is InChI=1S/C29H28N4O4S/c1-17-12-23(32-26(13-17)33-25-15-21(9-11-30-25)37-20-5-2-6-20)24-16-31-28(38-24)29(36)10-3-4-18-14-19(27(34)35)7-8-22(18)29/h7-9,11-16,20,36H,2-6,10H2,1H3,(H,34,35)(H,30,32,33)/t29-/m0/s1. The van der Waals surface area contributed by atoms with E-state index in [2.05, 4.69) is 15.3 Å². The minimum atomic E-state index is -1.26. The third-order valence-electron chi connectivity index (χ3n) is 7.21. The molecule has 0 bridgehead atoms. The lowest BCUT2D eigenvalue weighted by atomic mass is 9.79. The Labute approximate surface area is 224 Å². The molecule has 1 saturated carbocycles. The Balaban J connectivity index is 1.26. The highest BCUT2D eigenvalue weighted by atomic mass is 32.1. The normalized spacial score (nSPS) is 18.9. The molecule has 6 rings (SSSR count). The van der Waals surface area contributed by atoms with E-state index >= 15 is 0 Å². The molecule has 8 nitrogen and oxygen atoms in total. The summed E-state index contributed by atoms with van der Waals surface area (Å²) in [6.07, 6.45) is 9.16. The number of nitrogens with one attached hydrogen (secondary N) is 1. The molecule has 2 aliphatic rings. The smallest absolute Gasteiger partial charge is 0.335 e. The molecule has 38 heavy (non-hydrogen) atoms. The fourth-order valence-corrected chi connectivity index (χ4v) is 6.04. The molecule has 0 unspecified atom stereocenters. The number of ether oxygens (including phenoxy) is 1. The SMILES string of the molecule is Cc1cc(Nc2cc(OC3CCC3)ccn2)nc(-c2cnc([C@]3(O)CCCc4cc(C(=O)O)ccc43)s2)c1. The van der Waals surface area contributed by atoms with Crippen LogP contribution in [0.15, 0.2) is 54.9 Å². The minimum absolute atomic E-state index is 0.228. The molecule has 3 N–H and O–H groups in total. The Kier molecular flexibility index (Phi) is 6.33. The summed E-state index contributed by atoms with van der Waals surface area (Å²) in [5.74, 6) is 1.14. The molecule has 1 atom stereocenters. The lowest BCUT2D eigenvalue weighted by Crippen LogP contribution is -2.32. The second-order valence-electron chi connectivity index (χ2n) is 10.0. The van der Waals surface area contributed by atoms with Gasteiger partial charge in [0.2, 0.25) is 0 Å². The highest BCUT2D eigenvalue weighted by Gasteiger charge is 2.39. The van der Waals surface area contributed by atoms with E-state index in [4.69, 9.17) is 9.72 Å². The van der Waals surface area contributed by atoms with E-state index in [1.807, 2.05) is 31.2 Å². The number of carbonyl (C=O) groups is 1. The molecule has 3 aromatic heterocycles. The van der Waals surface area contributed by atoms with Crippen molar-refractivity contribution in [3.63, 3.8) is 0 Å². The fourth-order valence-electron chi connectivity index (χ4n) is 5.03. The second-order valence-corrected chi connectivity index (χ2v) is 11.0. The summed E-state index contributed by atoms with van der Waals surface area (Å²) in [5, 5.41) is 25.0. The molecule has 4 aromatic rings. The number of hydrogen-bond donors (Lipinski definition) is 3. The summed E-state index contributed by atoms with van der Waals surface area (Å²) in [4.78, 5) is 26.1. The van der Waals surface area contributed by atoms with E-state index in [1.54, 1.807) is 30.6 Å². The van der Waals surface area contributed by atoms with E-state index in [9.17, 15) is 15.0 Å². The number of pyridine rings is 2. The average Bonchev–Trinajstić information content (AvgIpc) is 3.38. The molecule has 2 aliphatic carbocycles. The van der Waals surface area contributed by atoms with Crippen molar-refractivity contribution in [1.82, 2.24) is 15.0 Å². The number of carboxylic acid groups (broad SMARTS) is 1. The van der Waals surface area contributed by atoms with Gasteiger partial charge in [0.15, 0.2) is 0 Å². The van der Waals surface area contributed by atoms with Crippen LogP contribution < -0.4 is 10.1 Å². The van der Waals surface area contributed by atoms with Crippen LogP contribution in [0.2, 0.25) is 0 Å². The largest absolute Gasteiger partial charge is 0.490 e. The summed E-state index contributed by atoms with van der Waals surface area (Å²) in [6.45, 7) is 2.01. The first-order valence-corrected chi connectivity index (χ1v) is 13.6. The Bertz CT molecular complexity index is 1520. The maximum absolute atomic E-state index is 11.7.